The Morgan fingerprint density at radius 2 is 2.11 bits per heavy atom. The number of amides is 1. The van der Waals surface area contributed by atoms with Crippen molar-refractivity contribution in [1.29, 1.82) is 0 Å². The standard InChI is InChI=1S/C11H15F2N5O/c1-18-5-6(2-3-9(18)19)15-10-7(12)4-8(13)11(16-10)17-14/h4,6H,2-3,5,14H2,1H3,(H2,15,16,17). The van der Waals surface area contributed by atoms with E-state index in [1.165, 1.54) is 0 Å². The summed E-state index contributed by atoms with van der Waals surface area (Å²) in [4.78, 5) is 16.6. The molecule has 0 aliphatic carbocycles. The van der Waals surface area contributed by atoms with Gasteiger partial charge in [-0.1, -0.05) is 0 Å². The molecular weight excluding hydrogens is 256 g/mol. The summed E-state index contributed by atoms with van der Waals surface area (Å²) >= 11 is 0. The van der Waals surface area contributed by atoms with Crippen LogP contribution in [0.5, 0.6) is 0 Å². The molecule has 1 amide bonds. The fraction of sp³-hybridized carbons (Fsp3) is 0.455. The second-order valence-corrected chi connectivity index (χ2v) is 4.45. The maximum Gasteiger partial charge on any atom is 0.222 e. The number of nitrogens with one attached hydrogen (secondary N) is 2. The third-order valence-electron chi connectivity index (χ3n) is 3.03. The molecule has 1 aliphatic rings. The summed E-state index contributed by atoms with van der Waals surface area (Å²) in [5.74, 6) is 3.17. The number of pyridine rings is 1. The van der Waals surface area contributed by atoms with Gasteiger partial charge in [-0.15, -0.1) is 0 Å². The molecule has 0 radical (unpaired) electrons. The van der Waals surface area contributed by atoms with Gasteiger partial charge >= 0.3 is 0 Å². The molecule has 0 saturated carbocycles. The van der Waals surface area contributed by atoms with Crippen LogP contribution in [0.2, 0.25) is 0 Å². The van der Waals surface area contributed by atoms with Gasteiger partial charge in [0.1, 0.15) is 0 Å². The van der Waals surface area contributed by atoms with Crippen LogP contribution in [-0.2, 0) is 4.79 Å². The number of hydrogen-bond donors (Lipinski definition) is 3. The lowest BCUT2D eigenvalue weighted by Gasteiger charge is -2.30. The molecule has 8 heteroatoms. The summed E-state index contributed by atoms with van der Waals surface area (Å²) in [5, 5.41) is 2.86. The van der Waals surface area contributed by atoms with E-state index in [1.54, 1.807) is 11.9 Å². The van der Waals surface area contributed by atoms with E-state index >= 15 is 0 Å². The Kier molecular flexibility index (Phi) is 3.79. The van der Waals surface area contributed by atoms with E-state index in [2.05, 4.69) is 15.7 Å². The van der Waals surface area contributed by atoms with Crippen LogP contribution in [-0.4, -0.2) is 35.4 Å². The Morgan fingerprint density at radius 3 is 2.74 bits per heavy atom. The summed E-state index contributed by atoms with van der Waals surface area (Å²) in [6.07, 6.45) is 0.964. The number of hydrogen-bond acceptors (Lipinski definition) is 5. The number of piperidine rings is 1. The van der Waals surface area contributed by atoms with Crippen LogP contribution in [0.1, 0.15) is 12.8 Å². The molecular formula is C11H15F2N5O. The van der Waals surface area contributed by atoms with E-state index in [1.807, 2.05) is 0 Å². The first kappa shape index (κ1) is 13.5. The van der Waals surface area contributed by atoms with Crippen molar-refractivity contribution < 1.29 is 13.6 Å². The van der Waals surface area contributed by atoms with Gasteiger partial charge in [0, 0.05) is 32.1 Å². The first-order valence-corrected chi connectivity index (χ1v) is 5.84. The number of nitrogen functional groups attached to an aromatic ring is 1. The van der Waals surface area contributed by atoms with Gasteiger partial charge in [-0.3, -0.25) is 4.79 Å². The monoisotopic (exact) mass is 271 g/mol. The van der Waals surface area contributed by atoms with Crippen molar-refractivity contribution in [2.45, 2.75) is 18.9 Å². The zero-order valence-corrected chi connectivity index (χ0v) is 10.4. The van der Waals surface area contributed by atoms with Gasteiger partial charge in [-0.25, -0.2) is 19.6 Å². The van der Waals surface area contributed by atoms with Crippen LogP contribution in [0, 0.1) is 11.6 Å². The molecule has 19 heavy (non-hydrogen) atoms. The van der Waals surface area contributed by atoms with Crippen molar-refractivity contribution >= 4 is 17.5 Å². The highest BCUT2D eigenvalue weighted by atomic mass is 19.1. The minimum absolute atomic E-state index is 0.0508. The number of hydrazine groups is 1. The third kappa shape index (κ3) is 2.90. The topological polar surface area (TPSA) is 83.3 Å². The summed E-state index contributed by atoms with van der Waals surface area (Å²) in [6.45, 7) is 0.447. The second-order valence-electron chi connectivity index (χ2n) is 4.45. The van der Waals surface area contributed by atoms with Crippen LogP contribution in [0.15, 0.2) is 6.07 Å². The van der Waals surface area contributed by atoms with Gasteiger partial charge < -0.3 is 15.6 Å². The number of nitrogens with two attached hydrogens (primary N) is 1. The SMILES string of the molecule is CN1CC(Nc2nc(NN)c(F)cc2F)CCC1=O. The Morgan fingerprint density at radius 1 is 1.42 bits per heavy atom. The Labute approximate surface area is 108 Å². The highest BCUT2D eigenvalue weighted by Gasteiger charge is 2.24. The molecule has 1 aromatic heterocycles. The van der Waals surface area contributed by atoms with Gasteiger partial charge in [0.05, 0.1) is 0 Å². The summed E-state index contributed by atoms with van der Waals surface area (Å²) in [6, 6.07) is 0.586. The molecule has 0 spiro atoms. The average Bonchev–Trinajstić information content (AvgIpc) is 2.37. The largest absolute Gasteiger partial charge is 0.363 e. The predicted octanol–water partition coefficient (Wildman–Crippen LogP) is 0.678. The van der Waals surface area contributed by atoms with Crippen molar-refractivity contribution in [2.24, 2.45) is 5.84 Å². The van der Waals surface area contributed by atoms with E-state index in [0.29, 0.717) is 25.5 Å². The van der Waals surface area contributed by atoms with Gasteiger partial charge in [0.2, 0.25) is 5.91 Å². The summed E-state index contributed by atoms with van der Waals surface area (Å²) in [5.41, 5.74) is 2.06. The normalized spacial score (nSPS) is 19.5. The van der Waals surface area contributed by atoms with Crippen LogP contribution in [0.3, 0.4) is 0 Å². The first-order valence-electron chi connectivity index (χ1n) is 5.84. The number of halogens is 2. The number of likely N-dealkylation sites (N-methyl/N-ethyl adjacent to an activating group) is 1. The van der Waals surface area contributed by atoms with Gasteiger partial charge in [-0.05, 0) is 6.42 Å². The lowest BCUT2D eigenvalue weighted by atomic mass is 10.1. The maximum atomic E-state index is 13.6. The van der Waals surface area contributed by atoms with Crippen LogP contribution in [0.25, 0.3) is 0 Å². The van der Waals surface area contributed by atoms with Crippen molar-refractivity contribution in [3.63, 3.8) is 0 Å². The van der Waals surface area contributed by atoms with E-state index in [0.717, 1.165) is 0 Å². The molecule has 0 aromatic carbocycles. The van der Waals surface area contributed by atoms with E-state index in [9.17, 15) is 13.6 Å². The minimum Gasteiger partial charge on any atom is -0.363 e. The number of likely N-dealkylation sites (tertiary alicyclic amines) is 1. The Balaban J connectivity index is 2.13. The van der Waals surface area contributed by atoms with Gasteiger partial charge in [0.25, 0.3) is 0 Å². The molecule has 2 rings (SSSR count). The quantitative estimate of drug-likeness (QED) is 0.556. The number of nitrogens with zero attached hydrogens (tertiary/aromatic N) is 2. The van der Waals surface area contributed by atoms with Crippen molar-refractivity contribution in [3.05, 3.63) is 17.7 Å². The Bertz CT molecular complexity index is 496. The third-order valence-corrected chi connectivity index (χ3v) is 3.03. The zero-order chi connectivity index (χ0) is 14.0. The molecule has 0 bridgehead atoms. The molecule has 4 N–H and O–H groups in total. The lowest BCUT2D eigenvalue weighted by molar-refractivity contribution is -0.132. The maximum absolute atomic E-state index is 13.6. The predicted molar refractivity (Wildman–Crippen MR) is 66.2 cm³/mol. The fourth-order valence-corrected chi connectivity index (χ4v) is 1.99. The van der Waals surface area contributed by atoms with Crippen LogP contribution < -0.4 is 16.6 Å². The smallest absolute Gasteiger partial charge is 0.222 e. The van der Waals surface area contributed by atoms with Crippen LogP contribution in [0.4, 0.5) is 20.4 Å². The number of carbonyl (C=O) groups excluding carboxylic acids is 1. The highest BCUT2D eigenvalue weighted by Crippen LogP contribution is 2.21. The second kappa shape index (κ2) is 5.35. The molecule has 1 unspecified atom stereocenters. The van der Waals surface area contributed by atoms with Gasteiger partial charge in [-0.2, -0.15) is 0 Å². The summed E-state index contributed by atoms with van der Waals surface area (Å²) < 4.78 is 26.8. The van der Waals surface area contributed by atoms with Crippen molar-refractivity contribution in [2.75, 3.05) is 24.3 Å². The van der Waals surface area contributed by atoms with E-state index in [-0.39, 0.29) is 23.6 Å². The minimum atomic E-state index is -0.860. The lowest BCUT2D eigenvalue weighted by Crippen LogP contribution is -2.43. The fourth-order valence-electron chi connectivity index (χ4n) is 1.99. The van der Waals surface area contributed by atoms with Crippen LogP contribution >= 0.6 is 0 Å². The first-order chi connectivity index (χ1) is 9.01. The number of carbonyl (C=O) groups is 1. The number of aromatic nitrogens is 1. The molecule has 104 valence electrons. The van der Waals surface area contributed by atoms with Gasteiger partial charge in [0.15, 0.2) is 23.3 Å². The molecule has 1 atom stereocenters. The average molecular weight is 271 g/mol. The molecule has 1 saturated heterocycles. The molecule has 1 aromatic rings. The number of anilines is 2. The molecule has 1 fully saturated rings. The highest BCUT2D eigenvalue weighted by molar-refractivity contribution is 5.77. The molecule has 2 heterocycles. The van der Waals surface area contributed by atoms with E-state index in [4.69, 9.17) is 5.84 Å². The Hall–Kier alpha value is -1.96. The number of rotatable bonds is 3. The summed E-state index contributed by atoms with van der Waals surface area (Å²) in [7, 11) is 1.68. The van der Waals surface area contributed by atoms with E-state index < -0.39 is 11.6 Å². The van der Waals surface area contributed by atoms with Crippen molar-refractivity contribution in [1.82, 2.24) is 9.88 Å². The van der Waals surface area contributed by atoms with Crippen molar-refractivity contribution in [3.8, 4) is 0 Å². The molecule has 6 nitrogen and oxygen atoms in total. The zero-order valence-electron chi connectivity index (χ0n) is 10.4. The molecule has 1 aliphatic heterocycles.